The maximum Gasteiger partial charge on any atom is 0.246 e. The Morgan fingerprint density at radius 2 is 2.41 bits per heavy atom. The molecule has 6 nitrogen and oxygen atoms in total. The Kier molecular flexibility index (Phi) is 3.12. The van der Waals surface area contributed by atoms with Gasteiger partial charge in [0.25, 0.3) is 0 Å². The minimum atomic E-state index is -0.217. The summed E-state index contributed by atoms with van der Waals surface area (Å²) < 4.78 is 1.42. The molecule has 0 fully saturated rings. The van der Waals surface area contributed by atoms with Crippen LogP contribution in [0.4, 0.5) is 5.69 Å². The average Bonchev–Trinajstić information content (AvgIpc) is 2.82. The van der Waals surface area contributed by atoms with Gasteiger partial charge in [-0.1, -0.05) is 6.07 Å². The van der Waals surface area contributed by atoms with Crippen LogP contribution in [0.3, 0.4) is 0 Å². The third kappa shape index (κ3) is 2.89. The highest BCUT2D eigenvalue weighted by atomic mass is 16.2. The second-order valence-electron chi connectivity index (χ2n) is 3.33. The molecule has 6 heteroatoms. The lowest BCUT2D eigenvalue weighted by atomic mass is 10.2. The predicted molar refractivity (Wildman–Crippen MR) is 59.8 cm³/mol. The van der Waals surface area contributed by atoms with Crippen molar-refractivity contribution >= 4 is 11.6 Å². The van der Waals surface area contributed by atoms with Gasteiger partial charge in [-0.05, 0) is 18.2 Å². The van der Waals surface area contributed by atoms with Gasteiger partial charge in [-0.15, -0.1) is 0 Å². The molecule has 17 heavy (non-hydrogen) atoms. The standard InChI is InChI=1S/C11H9N5O/c12-5-9-2-1-3-10(4-9)15-11(17)6-16-8-13-7-14-16/h1-4,7-8H,6H2,(H,15,17). The van der Waals surface area contributed by atoms with Crippen molar-refractivity contribution in [2.75, 3.05) is 5.32 Å². The van der Waals surface area contributed by atoms with Gasteiger partial charge in [-0.3, -0.25) is 4.79 Å². The third-order valence-corrected chi connectivity index (χ3v) is 2.05. The van der Waals surface area contributed by atoms with Crippen LogP contribution in [0.15, 0.2) is 36.9 Å². The summed E-state index contributed by atoms with van der Waals surface area (Å²) in [5.41, 5.74) is 1.10. The molecule has 0 saturated heterocycles. The predicted octanol–water partition coefficient (Wildman–Crippen LogP) is 0.788. The zero-order chi connectivity index (χ0) is 12.1. The van der Waals surface area contributed by atoms with Crippen molar-refractivity contribution in [1.29, 1.82) is 5.26 Å². The molecule has 0 saturated carbocycles. The topological polar surface area (TPSA) is 83.6 Å². The lowest BCUT2D eigenvalue weighted by Crippen LogP contribution is -2.19. The molecule has 0 aliphatic rings. The number of benzene rings is 1. The average molecular weight is 227 g/mol. The molecular weight excluding hydrogens is 218 g/mol. The van der Waals surface area contributed by atoms with Gasteiger partial charge in [0.2, 0.25) is 5.91 Å². The second kappa shape index (κ2) is 4.90. The van der Waals surface area contributed by atoms with E-state index in [1.54, 1.807) is 24.3 Å². The fraction of sp³-hybridized carbons (Fsp3) is 0.0909. The number of rotatable bonds is 3. The van der Waals surface area contributed by atoms with E-state index in [1.165, 1.54) is 17.3 Å². The third-order valence-electron chi connectivity index (χ3n) is 2.05. The molecule has 1 heterocycles. The fourth-order valence-corrected chi connectivity index (χ4v) is 1.33. The number of carbonyl (C=O) groups is 1. The van der Waals surface area contributed by atoms with Gasteiger partial charge in [-0.25, -0.2) is 9.67 Å². The number of nitriles is 1. The van der Waals surface area contributed by atoms with Crippen LogP contribution in [0.2, 0.25) is 0 Å². The van der Waals surface area contributed by atoms with Crippen molar-refractivity contribution in [3.8, 4) is 6.07 Å². The van der Waals surface area contributed by atoms with E-state index in [-0.39, 0.29) is 12.5 Å². The van der Waals surface area contributed by atoms with Crippen LogP contribution in [-0.4, -0.2) is 20.7 Å². The summed E-state index contributed by atoms with van der Waals surface area (Å²) in [6.45, 7) is 0.0940. The van der Waals surface area contributed by atoms with E-state index in [9.17, 15) is 4.79 Å². The van der Waals surface area contributed by atoms with E-state index >= 15 is 0 Å². The van der Waals surface area contributed by atoms with Crippen LogP contribution < -0.4 is 5.32 Å². The van der Waals surface area contributed by atoms with E-state index in [2.05, 4.69) is 15.4 Å². The van der Waals surface area contributed by atoms with E-state index in [1.807, 2.05) is 6.07 Å². The van der Waals surface area contributed by atoms with Crippen molar-refractivity contribution in [3.63, 3.8) is 0 Å². The van der Waals surface area contributed by atoms with Crippen molar-refractivity contribution in [3.05, 3.63) is 42.5 Å². The van der Waals surface area contributed by atoms with E-state index in [4.69, 9.17) is 5.26 Å². The number of amides is 1. The minimum absolute atomic E-state index is 0.0940. The maximum absolute atomic E-state index is 11.6. The molecule has 1 aromatic carbocycles. The summed E-state index contributed by atoms with van der Waals surface area (Å²) in [7, 11) is 0. The van der Waals surface area contributed by atoms with Gasteiger partial charge >= 0.3 is 0 Å². The van der Waals surface area contributed by atoms with Crippen molar-refractivity contribution < 1.29 is 4.79 Å². The Morgan fingerprint density at radius 1 is 1.53 bits per heavy atom. The molecule has 0 spiro atoms. The van der Waals surface area contributed by atoms with Crippen LogP contribution >= 0.6 is 0 Å². The van der Waals surface area contributed by atoms with Gasteiger partial charge < -0.3 is 5.32 Å². The van der Waals surface area contributed by atoms with E-state index < -0.39 is 0 Å². The SMILES string of the molecule is N#Cc1cccc(NC(=O)Cn2cncn2)c1. The van der Waals surface area contributed by atoms with Crippen LogP contribution in [-0.2, 0) is 11.3 Å². The Bertz CT molecular complexity index is 555. The van der Waals surface area contributed by atoms with E-state index in [0.29, 0.717) is 11.3 Å². The molecule has 1 amide bonds. The molecular formula is C11H9N5O. The smallest absolute Gasteiger partial charge is 0.246 e. The first kappa shape index (κ1) is 10.8. The molecule has 0 aliphatic carbocycles. The van der Waals surface area contributed by atoms with Crippen molar-refractivity contribution in [2.45, 2.75) is 6.54 Å². The quantitative estimate of drug-likeness (QED) is 0.840. The number of aromatic nitrogens is 3. The second-order valence-corrected chi connectivity index (χ2v) is 3.33. The Balaban J connectivity index is 2.01. The lowest BCUT2D eigenvalue weighted by Gasteiger charge is -2.04. The van der Waals surface area contributed by atoms with Gasteiger partial charge in [0.15, 0.2) is 0 Å². The normalized spacial score (nSPS) is 9.59. The summed E-state index contributed by atoms with van der Waals surface area (Å²) in [5.74, 6) is -0.217. The fourth-order valence-electron chi connectivity index (χ4n) is 1.33. The molecule has 0 atom stereocenters. The molecule has 84 valence electrons. The first-order valence-electron chi connectivity index (χ1n) is 4.90. The van der Waals surface area contributed by atoms with Gasteiger partial charge in [0.1, 0.15) is 19.2 Å². The number of hydrogen-bond acceptors (Lipinski definition) is 4. The first-order valence-corrected chi connectivity index (χ1v) is 4.90. The molecule has 0 unspecified atom stereocenters. The Labute approximate surface area is 97.5 Å². The molecule has 2 aromatic rings. The Morgan fingerprint density at radius 3 is 3.12 bits per heavy atom. The van der Waals surface area contributed by atoms with Crippen LogP contribution in [0, 0.1) is 11.3 Å². The number of carbonyl (C=O) groups excluding carboxylic acids is 1. The molecule has 1 N–H and O–H groups in total. The maximum atomic E-state index is 11.6. The summed E-state index contributed by atoms with van der Waals surface area (Å²) in [6, 6.07) is 8.73. The molecule has 1 aromatic heterocycles. The van der Waals surface area contributed by atoms with Crippen LogP contribution in [0.25, 0.3) is 0 Å². The summed E-state index contributed by atoms with van der Waals surface area (Å²) in [4.78, 5) is 15.3. The summed E-state index contributed by atoms with van der Waals surface area (Å²) in [6.07, 6.45) is 2.83. The minimum Gasteiger partial charge on any atom is -0.324 e. The number of hydrogen-bond donors (Lipinski definition) is 1. The monoisotopic (exact) mass is 227 g/mol. The molecule has 0 radical (unpaired) electrons. The molecule has 0 bridgehead atoms. The number of anilines is 1. The Hall–Kier alpha value is -2.68. The number of nitrogens with zero attached hydrogens (tertiary/aromatic N) is 4. The van der Waals surface area contributed by atoms with Crippen LogP contribution in [0.1, 0.15) is 5.56 Å². The lowest BCUT2D eigenvalue weighted by molar-refractivity contribution is -0.116. The molecule has 2 rings (SSSR count). The zero-order valence-electron chi connectivity index (χ0n) is 8.87. The number of nitrogens with one attached hydrogen (secondary N) is 1. The highest BCUT2D eigenvalue weighted by Gasteiger charge is 2.04. The molecule has 0 aliphatic heterocycles. The van der Waals surface area contributed by atoms with Gasteiger partial charge in [0, 0.05) is 5.69 Å². The van der Waals surface area contributed by atoms with Crippen molar-refractivity contribution in [2.24, 2.45) is 0 Å². The highest BCUT2D eigenvalue weighted by Crippen LogP contribution is 2.09. The first-order chi connectivity index (χ1) is 8.28. The highest BCUT2D eigenvalue weighted by molar-refractivity contribution is 5.90. The van der Waals surface area contributed by atoms with Gasteiger partial charge in [0.05, 0.1) is 11.6 Å². The van der Waals surface area contributed by atoms with Crippen LogP contribution in [0.5, 0.6) is 0 Å². The zero-order valence-corrected chi connectivity index (χ0v) is 8.87. The van der Waals surface area contributed by atoms with Gasteiger partial charge in [-0.2, -0.15) is 10.4 Å². The van der Waals surface area contributed by atoms with E-state index in [0.717, 1.165) is 0 Å². The largest absolute Gasteiger partial charge is 0.324 e. The van der Waals surface area contributed by atoms with Crippen molar-refractivity contribution in [1.82, 2.24) is 14.8 Å². The summed E-state index contributed by atoms with van der Waals surface area (Å²) in [5, 5.41) is 15.2. The summed E-state index contributed by atoms with van der Waals surface area (Å²) >= 11 is 0.